The molecule has 1 aliphatic carbocycles. The number of hydrogen-bond acceptors (Lipinski definition) is 5. The second-order valence-electron chi connectivity index (χ2n) is 7.81. The molecule has 0 saturated heterocycles. The maximum atomic E-state index is 6.80. The summed E-state index contributed by atoms with van der Waals surface area (Å²) >= 11 is 0. The number of allylic oxidation sites excluding steroid dienone is 4. The minimum Gasteiger partial charge on any atom is -0.489 e. The van der Waals surface area contributed by atoms with Gasteiger partial charge >= 0.3 is 0 Å². The van der Waals surface area contributed by atoms with Crippen molar-refractivity contribution in [1.82, 2.24) is 4.98 Å². The number of quaternary nitrogens is 1. The van der Waals surface area contributed by atoms with Gasteiger partial charge in [0.15, 0.2) is 0 Å². The molecular formula is C26H20N5O+. The van der Waals surface area contributed by atoms with E-state index >= 15 is 0 Å². The van der Waals surface area contributed by atoms with Crippen molar-refractivity contribution in [3.05, 3.63) is 120 Å². The molecule has 6 rings (SSSR count). The van der Waals surface area contributed by atoms with Gasteiger partial charge in [0, 0.05) is 22.7 Å². The maximum absolute atomic E-state index is 6.80. The highest BCUT2D eigenvalue weighted by Crippen LogP contribution is 2.36. The Kier molecular flexibility index (Phi) is 4.21. The highest BCUT2D eigenvalue weighted by atomic mass is 16.5. The summed E-state index contributed by atoms with van der Waals surface area (Å²) in [5, 5.41) is 1.10. The molecule has 1 unspecified atom stereocenters. The number of benzene rings is 2. The first-order valence-electron chi connectivity index (χ1n) is 10.4. The summed E-state index contributed by atoms with van der Waals surface area (Å²) in [7, 11) is 0. The first-order valence-corrected chi connectivity index (χ1v) is 10.4. The highest BCUT2D eigenvalue weighted by Gasteiger charge is 2.44. The van der Waals surface area contributed by atoms with Crippen LogP contribution in [0.1, 0.15) is 11.1 Å². The number of ether oxygens (including phenoxy) is 1. The maximum Gasteiger partial charge on any atom is 0.265 e. The normalized spacial score (nSPS) is 20.8. The zero-order valence-corrected chi connectivity index (χ0v) is 17.2. The molecule has 3 heterocycles. The van der Waals surface area contributed by atoms with E-state index < -0.39 is 0 Å². The number of fused-ring (bicyclic) bond motifs is 2. The second kappa shape index (κ2) is 7.23. The van der Waals surface area contributed by atoms with Gasteiger partial charge in [0.25, 0.3) is 5.84 Å². The molecule has 2 N–H and O–H groups in total. The zero-order valence-electron chi connectivity index (χ0n) is 17.2. The fourth-order valence-electron chi connectivity index (χ4n) is 4.11. The van der Waals surface area contributed by atoms with E-state index in [1.807, 2.05) is 66.9 Å². The number of nitrogens with zero attached hydrogens (tertiary/aromatic N) is 4. The Balaban J connectivity index is 1.31. The van der Waals surface area contributed by atoms with Crippen LogP contribution in [0.3, 0.4) is 0 Å². The van der Waals surface area contributed by atoms with Crippen LogP contribution in [-0.4, -0.2) is 21.6 Å². The summed E-state index contributed by atoms with van der Waals surface area (Å²) in [6.45, 7) is 0.423. The van der Waals surface area contributed by atoms with Crippen LogP contribution in [0.25, 0.3) is 10.9 Å². The van der Waals surface area contributed by atoms with Gasteiger partial charge < -0.3 is 4.74 Å². The molecule has 1 atom stereocenters. The number of para-hydroxylation sites is 1. The van der Waals surface area contributed by atoms with Gasteiger partial charge in [0.05, 0.1) is 23.5 Å². The van der Waals surface area contributed by atoms with E-state index in [4.69, 9.17) is 15.6 Å². The minimum absolute atomic E-state index is 0.0132. The lowest BCUT2D eigenvalue weighted by Gasteiger charge is -2.26. The first kappa shape index (κ1) is 18.6. The number of nitrogens with two attached hydrogens (primary N) is 1. The van der Waals surface area contributed by atoms with Crippen molar-refractivity contribution in [3.8, 4) is 5.75 Å². The number of aliphatic imine (C=N–C) groups is 2. The Labute approximate surface area is 185 Å². The van der Waals surface area contributed by atoms with E-state index in [2.05, 4.69) is 22.1 Å². The van der Waals surface area contributed by atoms with Crippen LogP contribution in [0, 0.1) is 0 Å². The van der Waals surface area contributed by atoms with Crippen LogP contribution >= 0.6 is 0 Å². The molecule has 2 aromatic carbocycles. The van der Waals surface area contributed by atoms with Gasteiger partial charge in [-0.1, -0.05) is 48.6 Å². The Morgan fingerprint density at radius 1 is 1.03 bits per heavy atom. The van der Waals surface area contributed by atoms with Gasteiger partial charge in [-0.2, -0.15) is 10.8 Å². The molecule has 0 spiro atoms. The van der Waals surface area contributed by atoms with Crippen LogP contribution in [0.15, 0.2) is 118 Å². The molecule has 0 amide bonds. The molecule has 3 aromatic rings. The SMILES string of the molecule is N[N+]12C=CN=CC1=C(C1=CC=C1)N=C2c1cccc(OCc2cccc3cccnc23)c1. The summed E-state index contributed by atoms with van der Waals surface area (Å²) in [4.78, 5) is 13.7. The standard InChI is InChI=1S/C26H20N5O/c27-31-14-13-28-16-23(31)25(19-6-1-7-19)30-26(31)20-8-3-11-22(15-20)32-17-21-9-2-5-18-10-4-12-29-24(18)21/h1-16H,17,27H2/q+1. The molecule has 3 aliphatic rings. The molecule has 6 heteroatoms. The van der Waals surface area contributed by atoms with E-state index in [0.717, 1.165) is 50.6 Å². The van der Waals surface area contributed by atoms with E-state index in [-0.39, 0.29) is 4.59 Å². The largest absolute Gasteiger partial charge is 0.489 e. The average molecular weight is 418 g/mol. The quantitative estimate of drug-likeness (QED) is 0.489. The molecule has 32 heavy (non-hydrogen) atoms. The number of amidine groups is 1. The van der Waals surface area contributed by atoms with Gasteiger partial charge in [0.1, 0.15) is 24.3 Å². The number of pyridine rings is 1. The predicted molar refractivity (Wildman–Crippen MR) is 125 cm³/mol. The second-order valence-corrected chi connectivity index (χ2v) is 7.81. The molecular weight excluding hydrogens is 398 g/mol. The zero-order chi connectivity index (χ0) is 21.5. The van der Waals surface area contributed by atoms with Crippen LogP contribution in [0.4, 0.5) is 0 Å². The van der Waals surface area contributed by atoms with Crippen molar-refractivity contribution in [2.45, 2.75) is 6.61 Å². The van der Waals surface area contributed by atoms with Gasteiger partial charge in [-0.05, 0) is 24.3 Å². The third-order valence-corrected chi connectivity index (χ3v) is 5.82. The van der Waals surface area contributed by atoms with Crippen LogP contribution in [0.5, 0.6) is 5.75 Å². The molecule has 154 valence electrons. The average Bonchev–Trinajstić information content (AvgIpc) is 3.09. The van der Waals surface area contributed by atoms with Crippen molar-refractivity contribution in [2.75, 3.05) is 0 Å². The van der Waals surface area contributed by atoms with E-state index in [9.17, 15) is 0 Å². The van der Waals surface area contributed by atoms with Crippen LogP contribution in [0.2, 0.25) is 0 Å². The lowest BCUT2D eigenvalue weighted by atomic mass is 10.0. The molecule has 0 bridgehead atoms. The molecule has 2 aliphatic heterocycles. The van der Waals surface area contributed by atoms with Crippen LogP contribution < -0.4 is 10.6 Å². The number of rotatable bonds is 5. The van der Waals surface area contributed by atoms with Gasteiger partial charge in [-0.25, -0.2) is 0 Å². The molecule has 6 nitrogen and oxygen atoms in total. The van der Waals surface area contributed by atoms with E-state index in [1.54, 1.807) is 18.6 Å². The van der Waals surface area contributed by atoms with Crippen LogP contribution in [-0.2, 0) is 6.61 Å². The minimum atomic E-state index is -0.0132. The van der Waals surface area contributed by atoms with Gasteiger partial charge in [0.2, 0.25) is 5.70 Å². The smallest absolute Gasteiger partial charge is 0.265 e. The summed E-state index contributed by atoms with van der Waals surface area (Å²) in [6, 6.07) is 18.0. The number of aromatic nitrogens is 1. The lowest BCUT2D eigenvalue weighted by Crippen LogP contribution is -2.53. The fraction of sp³-hybridized carbons (Fsp3) is 0.0385. The molecule has 0 radical (unpaired) electrons. The fourth-order valence-corrected chi connectivity index (χ4v) is 4.11. The Bertz CT molecular complexity index is 1440. The Morgan fingerprint density at radius 2 is 1.91 bits per heavy atom. The lowest BCUT2D eigenvalue weighted by molar-refractivity contribution is -0.750. The molecule has 0 fully saturated rings. The third-order valence-electron chi connectivity index (χ3n) is 5.82. The van der Waals surface area contributed by atoms with Crippen molar-refractivity contribution < 1.29 is 9.33 Å². The van der Waals surface area contributed by atoms with Crippen molar-refractivity contribution >= 4 is 23.0 Å². The van der Waals surface area contributed by atoms with E-state index in [1.165, 1.54) is 0 Å². The van der Waals surface area contributed by atoms with Crippen molar-refractivity contribution in [3.63, 3.8) is 0 Å². The number of hydrogen-bond donors (Lipinski definition) is 1. The summed E-state index contributed by atoms with van der Waals surface area (Å²) in [5.74, 6) is 8.27. The summed E-state index contributed by atoms with van der Waals surface area (Å²) < 4.78 is 6.14. The van der Waals surface area contributed by atoms with Gasteiger partial charge in [-0.15, -0.1) is 4.59 Å². The molecule has 1 aromatic heterocycles. The summed E-state index contributed by atoms with van der Waals surface area (Å²) in [6.07, 6.45) is 13.2. The first-order chi connectivity index (χ1) is 15.7. The Morgan fingerprint density at radius 3 is 2.78 bits per heavy atom. The summed E-state index contributed by atoms with van der Waals surface area (Å²) in [5.41, 5.74) is 5.66. The van der Waals surface area contributed by atoms with E-state index in [0.29, 0.717) is 6.61 Å². The Hall–Kier alpha value is -4.13. The predicted octanol–water partition coefficient (Wildman–Crippen LogP) is 4.53. The highest BCUT2D eigenvalue weighted by molar-refractivity contribution is 6.01. The topological polar surface area (TPSA) is 72.9 Å². The van der Waals surface area contributed by atoms with Gasteiger partial charge in [-0.3, -0.25) is 9.98 Å². The monoisotopic (exact) mass is 418 g/mol. The van der Waals surface area contributed by atoms with Crippen molar-refractivity contribution in [1.29, 1.82) is 0 Å². The van der Waals surface area contributed by atoms with Crippen molar-refractivity contribution in [2.24, 2.45) is 15.8 Å². The third kappa shape index (κ3) is 2.93. The molecule has 0 saturated carbocycles.